The number of ether oxygens (including phenoxy) is 2. The lowest BCUT2D eigenvalue weighted by atomic mass is 10.0. The zero-order chi connectivity index (χ0) is 13.7. The van der Waals surface area contributed by atoms with Crippen LogP contribution in [0.3, 0.4) is 0 Å². The van der Waals surface area contributed by atoms with E-state index in [0.717, 1.165) is 24.3 Å². The minimum atomic E-state index is -0.224. The van der Waals surface area contributed by atoms with Crippen molar-refractivity contribution in [2.24, 2.45) is 0 Å². The van der Waals surface area contributed by atoms with Gasteiger partial charge in [0.1, 0.15) is 5.60 Å². The molecule has 1 aliphatic heterocycles. The van der Waals surface area contributed by atoms with Gasteiger partial charge in [0.25, 0.3) is 0 Å². The smallest absolute Gasteiger partial charge is 0.162 e. The standard InChI is InChI=1S/C15H21NO3/c1-3-14(17)12-4-6-13(7-5-12)16-10-15(18-2)8-9-19-11-15/h4-7,16H,3,8-11H2,1-2H3. The molecule has 2 rings (SSSR count). The van der Waals surface area contributed by atoms with Crippen LogP contribution >= 0.6 is 0 Å². The molecule has 1 fully saturated rings. The molecule has 1 unspecified atom stereocenters. The summed E-state index contributed by atoms with van der Waals surface area (Å²) in [6, 6.07) is 7.59. The topological polar surface area (TPSA) is 47.6 Å². The number of nitrogens with one attached hydrogen (secondary N) is 1. The molecule has 1 N–H and O–H groups in total. The van der Waals surface area contributed by atoms with E-state index in [2.05, 4.69) is 5.32 Å². The lowest BCUT2D eigenvalue weighted by molar-refractivity contribution is -0.00619. The largest absolute Gasteiger partial charge is 0.382 e. The summed E-state index contributed by atoms with van der Waals surface area (Å²) in [4.78, 5) is 11.5. The van der Waals surface area contributed by atoms with Gasteiger partial charge >= 0.3 is 0 Å². The van der Waals surface area contributed by atoms with E-state index >= 15 is 0 Å². The van der Waals surface area contributed by atoms with Gasteiger partial charge < -0.3 is 14.8 Å². The molecule has 1 aromatic carbocycles. The normalized spacial score (nSPS) is 22.4. The minimum Gasteiger partial charge on any atom is -0.382 e. The molecule has 1 aromatic rings. The Labute approximate surface area is 114 Å². The summed E-state index contributed by atoms with van der Waals surface area (Å²) in [5.41, 5.74) is 1.53. The lowest BCUT2D eigenvalue weighted by Gasteiger charge is -2.26. The van der Waals surface area contributed by atoms with E-state index < -0.39 is 0 Å². The van der Waals surface area contributed by atoms with Gasteiger partial charge in [-0.15, -0.1) is 0 Å². The summed E-state index contributed by atoms with van der Waals surface area (Å²) in [6.45, 7) is 3.96. The first kappa shape index (κ1) is 14.0. The summed E-state index contributed by atoms with van der Waals surface area (Å²) in [7, 11) is 1.72. The Morgan fingerprint density at radius 3 is 2.68 bits per heavy atom. The SMILES string of the molecule is CCC(=O)c1ccc(NCC2(OC)CCOC2)cc1. The zero-order valence-electron chi connectivity index (χ0n) is 11.6. The van der Waals surface area contributed by atoms with Gasteiger partial charge in [0.2, 0.25) is 0 Å². The Morgan fingerprint density at radius 2 is 2.16 bits per heavy atom. The van der Waals surface area contributed by atoms with Crippen molar-refractivity contribution in [1.82, 2.24) is 0 Å². The molecule has 0 bridgehead atoms. The van der Waals surface area contributed by atoms with Crippen LogP contribution in [0.2, 0.25) is 0 Å². The van der Waals surface area contributed by atoms with Crippen molar-refractivity contribution in [2.75, 3.05) is 32.2 Å². The van der Waals surface area contributed by atoms with Crippen molar-refractivity contribution in [3.05, 3.63) is 29.8 Å². The second-order valence-corrected chi connectivity index (χ2v) is 4.90. The van der Waals surface area contributed by atoms with Crippen LogP contribution in [0.4, 0.5) is 5.69 Å². The fourth-order valence-corrected chi connectivity index (χ4v) is 2.20. The van der Waals surface area contributed by atoms with E-state index in [-0.39, 0.29) is 11.4 Å². The Kier molecular flexibility index (Phi) is 4.56. The van der Waals surface area contributed by atoms with E-state index in [1.165, 1.54) is 0 Å². The Hall–Kier alpha value is -1.39. The number of Topliss-reactive ketones (excluding diaryl/α,β-unsaturated/α-hetero) is 1. The Balaban J connectivity index is 1.94. The molecule has 0 saturated carbocycles. The molecule has 0 spiro atoms. The number of hydrogen-bond donors (Lipinski definition) is 1. The van der Waals surface area contributed by atoms with Gasteiger partial charge in [-0.1, -0.05) is 6.92 Å². The predicted octanol–water partition coefficient (Wildman–Crippen LogP) is 2.50. The third-order valence-electron chi connectivity index (χ3n) is 3.64. The number of ketones is 1. The van der Waals surface area contributed by atoms with Crippen LogP contribution < -0.4 is 5.32 Å². The highest BCUT2D eigenvalue weighted by molar-refractivity contribution is 5.96. The number of methoxy groups -OCH3 is 1. The van der Waals surface area contributed by atoms with Crippen molar-refractivity contribution < 1.29 is 14.3 Å². The van der Waals surface area contributed by atoms with Gasteiger partial charge in [0.05, 0.1) is 6.61 Å². The van der Waals surface area contributed by atoms with Gasteiger partial charge in [0.15, 0.2) is 5.78 Å². The van der Waals surface area contributed by atoms with Crippen LogP contribution in [-0.4, -0.2) is 38.3 Å². The van der Waals surface area contributed by atoms with Gasteiger partial charge in [-0.25, -0.2) is 0 Å². The first-order valence-corrected chi connectivity index (χ1v) is 6.69. The van der Waals surface area contributed by atoms with E-state index in [1.54, 1.807) is 7.11 Å². The van der Waals surface area contributed by atoms with Gasteiger partial charge in [-0.05, 0) is 24.3 Å². The number of carbonyl (C=O) groups excluding carboxylic acids is 1. The van der Waals surface area contributed by atoms with Crippen molar-refractivity contribution >= 4 is 11.5 Å². The van der Waals surface area contributed by atoms with E-state index in [0.29, 0.717) is 19.6 Å². The van der Waals surface area contributed by atoms with Crippen molar-refractivity contribution in [1.29, 1.82) is 0 Å². The lowest BCUT2D eigenvalue weighted by Crippen LogP contribution is -2.39. The van der Waals surface area contributed by atoms with Crippen LogP contribution in [-0.2, 0) is 9.47 Å². The molecule has 4 heteroatoms. The third kappa shape index (κ3) is 3.33. The number of hydrogen-bond acceptors (Lipinski definition) is 4. The molecule has 19 heavy (non-hydrogen) atoms. The van der Waals surface area contributed by atoms with Crippen LogP contribution in [0.25, 0.3) is 0 Å². The number of benzene rings is 1. The Morgan fingerprint density at radius 1 is 1.42 bits per heavy atom. The van der Waals surface area contributed by atoms with Gasteiger partial charge in [-0.2, -0.15) is 0 Å². The number of rotatable bonds is 6. The first-order chi connectivity index (χ1) is 9.19. The average molecular weight is 263 g/mol. The molecule has 1 aliphatic rings. The fourth-order valence-electron chi connectivity index (χ4n) is 2.20. The van der Waals surface area contributed by atoms with E-state index in [4.69, 9.17) is 9.47 Å². The molecular weight excluding hydrogens is 242 g/mol. The highest BCUT2D eigenvalue weighted by atomic mass is 16.5. The summed E-state index contributed by atoms with van der Waals surface area (Å²) in [6.07, 6.45) is 1.44. The number of carbonyl (C=O) groups is 1. The van der Waals surface area contributed by atoms with Gasteiger partial charge in [0, 0.05) is 44.4 Å². The molecule has 1 saturated heterocycles. The van der Waals surface area contributed by atoms with Crippen LogP contribution in [0, 0.1) is 0 Å². The summed E-state index contributed by atoms with van der Waals surface area (Å²) >= 11 is 0. The molecule has 0 aromatic heterocycles. The van der Waals surface area contributed by atoms with Crippen LogP contribution in [0.5, 0.6) is 0 Å². The maximum Gasteiger partial charge on any atom is 0.162 e. The summed E-state index contributed by atoms with van der Waals surface area (Å²) in [5.74, 6) is 0.170. The summed E-state index contributed by atoms with van der Waals surface area (Å²) < 4.78 is 11.0. The first-order valence-electron chi connectivity index (χ1n) is 6.69. The molecule has 104 valence electrons. The van der Waals surface area contributed by atoms with E-state index in [1.807, 2.05) is 31.2 Å². The maximum absolute atomic E-state index is 11.5. The minimum absolute atomic E-state index is 0.170. The molecule has 0 radical (unpaired) electrons. The molecule has 1 heterocycles. The molecule has 0 aliphatic carbocycles. The van der Waals surface area contributed by atoms with Crippen LogP contribution in [0.1, 0.15) is 30.1 Å². The highest BCUT2D eigenvalue weighted by Crippen LogP contribution is 2.23. The van der Waals surface area contributed by atoms with Gasteiger partial charge in [-0.3, -0.25) is 4.79 Å². The summed E-state index contributed by atoms with van der Waals surface area (Å²) in [5, 5.41) is 3.35. The second kappa shape index (κ2) is 6.17. The maximum atomic E-state index is 11.5. The predicted molar refractivity (Wildman–Crippen MR) is 74.7 cm³/mol. The fraction of sp³-hybridized carbons (Fsp3) is 0.533. The molecule has 0 amide bonds. The van der Waals surface area contributed by atoms with Crippen molar-refractivity contribution in [2.45, 2.75) is 25.4 Å². The molecule has 4 nitrogen and oxygen atoms in total. The van der Waals surface area contributed by atoms with Crippen molar-refractivity contribution in [3.8, 4) is 0 Å². The highest BCUT2D eigenvalue weighted by Gasteiger charge is 2.34. The zero-order valence-corrected chi connectivity index (χ0v) is 11.6. The quantitative estimate of drug-likeness (QED) is 0.801. The van der Waals surface area contributed by atoms with Crippen LogP contribution in [0.15, 0.2) is 24.3 Å². The molecular formula is C15H21NO3. The third-order valence-corrected chi connectivity index (χ3v) is 3.64. The molecule has 1 atom stereocenters. The van der Waals surface area contributed by atoms with Crippen molar-refractivity contribution in [3.63, 3.8) is 0 Å². The van der Waals surface area contributed by atoms with E-state index in [9.17, 15) is 4.79 Å². The average Bonchev–Trinajstić information content (AvgIpc) is 2.94. The monoisotopic (exact) mass is 263 g/mol. The Bertz CT molecular complexity index is 422. The number of anilines is 1. The second-order valence-electron chi connectivity index (χ2n) is 4.90.